The first-order valence-electron chi connectivity index (χ1n) is 8.81. The minimum absolute atomic E-state index is 0.0730. The molecule has 0 spiro atoms. The lowest BCUT2D eigenvalue weighted by molar-refractivity contribution is -0.142. The van der Waals surface area contributed by atoms with Crippen molar-refractivity contribution in [2.45, 2.75) is 46.0 Å². The van der Waals surface area contributed by atoms with Crippen molar-refractivity contribution >= 4 is 11.9 Å². The van der Waals surface area contributed by atoms with Gasteiger partial charge in [0, 0.05) is 18.5 Å². The number of nitriles is 1. The van der Waals surface area contributed by atoms with Crippen LogP contribution in [-0.2, 0) is 9.53 Å². The van der Waals surface area contributed by atoms with Crippen LogP contribution in [0, 0.1) is 37.0 Å². The zero-order chi connectivity index (χ0) is 18.4. The fourth-order valence-electron chi connectivity index (χ4n) is 3.67. The average molecular weight is 342 g/mol. The number of benzene rings is 1. The van der Waals surface area contributed by atoms with Gasteiger partial charge >= 0.3 is 5.97 Å². The standard InChI is InChI=1S/C20H26N2O3/c1-13-8-17(11-21)9-14(2)19(13)20(24)22-12-16-6-4-15(5-7-16)10-18(23)25-3/h8-9,15-16H,4-7,10,12H2,1-3H3,(H,22,24). The van der Waals surface area contributed by atoms with Crippen LogP contribution in [0.5, 0.6) is 0 Å². The van der Waals surface area contributed by atoms with Crippen molar-refractivity contribution < 1.29 is 14.3 Å². The molecule has 0 atom stereocenters. The van der Waals surface area contributed by atoms with Crippen LogP contribution in [0.1, 0.15) is 59.2 Å². The summed E-state index contributed by atoms with van der Waals surface area (Å²) in [6.45, 7) is 4.38. The third kappa shape index (κ3) is 5.06. The molecule has 0 heterocycles. The van der Waals surface area contributed by atoms with E-state index in [4.69, 9.17) is 10.00 Å². The van der Waals surface area contributed by atoms with Crippen LogP contribution in [0.15, 0.2) is 12.1 Å². The fraction of sp³-hybridized carbons (Fsp3) is 0.550. The fourth-order valence-corrected chi connectivity index (χ4v) is 3.67. The van der Waals surface area contributed by atoms with Crippen LogP contribution < -0.4 is 5.32 Å². The van der Waals surface area contributed by atoms with Gasteiger partial charge in [-0.3, -0.25) is 9.59 Å². The number of aryl methyl sites for hydroxylation is 2. The van der Waals surface area contributed by atoms with E-state index >= 15 is 0 Å². The van der Waals surface area contributed by atoms with Crippen molar-refractivity contribution in [1.29, 1.82) is 5.26 Å². The van der Waals surface area contributed by atoms with Crippen molar-refractivity contribution in [3.63, 3.8) is 0 Å². The molecular formula is C20H26N2O3. The normalized spacial score (nSPS) is 19.8. The smallest absolute Gasteiger partial charge is 0.305 e. The van der Waals surface area contributed by atoms with Crippen molar-refractivity contribution in [3.05, 3.63) is 34.4 Å². The monoisotopic (exact) mass is 342 g/mol. The van der Waals surface area contributed by atoms with Gasteiger partial charge in [-0.15, -0.1) is 0 Å². The molecule has 0 unspecified atom stereocenters. The summed E-state index contributed by atoms with van der Waals surface area (Å²) >= 11 is 0. The first-order valence-corrected chi connectivity index (χ1v) is 8.81. The molecule has 2 rings (SSSR count). The Labute approximate surface area is 149 Å². The van der Waals surface area contributed by atoms with E-state index in [0.717, 1.165) is 36.8 Å². The number of nitrogens with one attached hydrogen (secondary N) is 1. The molecule has 0 radical (unpaired) electrons. The third-order valence-corrected chi connectivity index (χ3v) is 5.09. The predicted molar refractivity (Wildman–Crippen MR) is 95.0 cm³/mol. The number of amides is 1. The molecular weight excluding hydrogens is 316 g/mol. The number of carbonyl (C=O) groups is 2. The minimum Gasteiger partial charge on any atom is -0.469 e. The van der Waals surface area contributed by atoms with E-state index in [1.165, 1.54) is 7.11 Å². The Bertz CT molecular complexity index is 660. The molecule has 0 aromatic heterocycles. The van der Waals surface area contributed by atoms with Crippen molar-refractivity contribution in [2.75, 3.05) is 13.7 Å². The minimum atomic E-state index is -0.136. The number of carbonyl (C=O) groups excluding carboxylic acids is 2. The summed E-state index contributed by atoms with van der Waals surface area (Å²) in [4.78, 5) is 23.9. The van der Waals surface area contributed by atoms with Crippen LogP contribution >= 0.6 is 0 Å². The molecule has 25 heavy (non-hydrogen) atoms. The van der Waals surface area contributed by atoms with Crippen LogP contribution in [0.2, 0.25) is 0 Å². The topological polar surface area (TPSA) is 79.2 Å². The molecule has 0 bridgehead atoms. The van der Waals surface area contributed by atoms with Gasteiger partial charge in [-0.2, -0.15) is 5.26 Å². The number of hydrogen-bond donors (Lipinski definition) is 1. The summed E-state index contributed by atoms with van der Waals surface area (Å²) < 4.78 is 4.73. The van der Waals surface area contributed by atoms with Gasteiger partial charge in [0.15, 0.2) is 0 Å². The second kappa shape index (κ2) is 8.66. The van der Waals surface area contributed by atoms with Crippen molar-refractivity contribution in [3.8, 4) is 6.07 Å². The number of rotatable bonds is 5. The zero-order valence-electron chi connectivity index (χ0n) is 15.2. The highest BCUT2D eigenvalue weighted by atomic mass is 16.5. The van der Waals surface area contributed by atoms with Crippen LogP contribution in [-0.4, -0.2) is 25.5 Å². The van der Waals surface area contributed by atoms with E-state index in [2.05, 4.69) is 11.4 Å². The van der Waals surface area contributed by atoms with E-state index in [-0.39, 0.29) is 11.9 Å². The second-order valence-electron chi connectivity index (χ2n) is 6.97. The summed E-state index contributed by atoms with van der Waals surface area (Å²) in [5.41, 5.74) is 2.90. The van der Waals surface area contributed by atoms with Crippen LogP contribution in [0.3, 0.4) is 0 Å². The first-order chi connectivity index (χ1) is 11.9. The highest BCUT2D eigenvalue weighted by Crippen LogP contribution is 2.30. The Hall–Kier alpha value is -2.35. The van der Waals surface area contributed by atoms with Crippen molar-refractivity contribution in [2.24, 2.45) is 11.8 Å². The SMILES string of the molecule is COC(=O)CC1CCC(CNC(=O)c2c(C)cc(C#N)cc2C)CC1. The Kier molecular flexibility index (Phi) is 6.58. The lowest BCUT2D eigenvalue weighted by atomic mass is 9.80. The Morgan fingerprint density at radius 2 is 1.72 bits per heavy atom. The van der Waals surface area contributed by atoms with Gasteiger partial charge in [-0.25, -0.2) is 0 Å². The van der Waals surface area contributed by atoms with Gasteiger partial charge in [-0.1, -0.05) is 0 Å². The summed E-state index contributed by atoms with van der Waals surface area (Å²) in [5, 5.41) is 12.0. The highest BCUT2D eigenvalue weighted by Gasteiger charge is 2.24. The summed E-state index contributed by atoms with van der Waals surface area (Å²) in [5.74, 6) is 0.652. The largest absolute Gasteiger partial charge is 0.469 e. The van der Waals surface area contributed by atoms with E-state index in [9.17, 15) is 9.59 Å². The number of esters is 1. The summed E-state index contributed by atoms with van der Waals surface area (Å²) in [6.07, 6.45) is 4.55. The molecule has 5 nitrogen and oxygen atoms in total. The molecule has 1 saturated carbocycles. The second-order valence-corrected chi connectivity index (χ2v) is 6.97. The average Bonchev–Trinajstić information content (AvgIpc) is 2.60. The molecule has 0 saturated heterocycles. The highest BCUT2D eigenvalue weighted by molar-refractivity contribution is 5.97. The zero-order valence-corrected chi connectivity index (χ0v) is 15.2. The van der Waals surface area contributed by atoms with Gasteiger partial charge in [0.05, 0.1) is 18.7 Å². The molecule has 1 amide bonds. The lowest BCUT2D eigenvalue weighted by Gasteiger charge is -2.28. The van der Waals surface area contributed by atoms with Crippen molar-refractivity contribution in [1.82, 2.24) is 5.32 Å². The summed E-state index contributed by atoms with van der Waals surface area (Å²) in [6, 6.07) is 5.62. The maximum atomic E-state index is 12.5. The Morgan fingerprint density at radius 1 is 1.16 bits per heavy atom. The van der Waals surface area contributed by atoms with Crippen LogP contribution in [0.4, 0.5) is 0 Å². The lowest BCUT2D eigenvalue weighted by Crippen LogP contribution is -2.32. The van der Waals surface area contributed by atoms with Gasteiger partial charge in [0.25, 0.3) is 5.91 Å². The number of ether oxygens (including phenoxy) is 1. The molecule has 1 aromatic rings. The maximum absolute atomic E-state index is 12.5. The van der Waals surface area contributed by atoms with E-state index in [1.54, 1.807) is 12.1 Å². The Balaban J connectivity index is 1.86. The number of hydrogen-bond acceptors (Lipinski definition) is 4. The molecule has 0 aliphatic heterocycles. The summed E-state index contributed by atoms with van der Waals surface area (Å²) in [7, 11) is 1.43. The molecule has 1 aliphatic carbocycles. The van der Waals surface area contributed by atoms with E-state index in [0.29, 0.717) is 35.9 Å². The van der Waals surface area contributed by atoms with Crippen LogP contribution in [0.25, 0.3) is 0 Å². The maximum Gasteiger partial charge on any atom is 0.305 e. The molecule has 1 aromatic carbocycles. The molecule has 1 N–H and O–H groups in total. The number of methoxy groups -OCH3 is 1. The predicted octanol–water partition coefficient (Wildman–Crippen LogP) is 3.27. The molecule has 1 aliphatic rings. The quantitative estimate of drug-likeness (QED) is 0.833. The molecule has 134 valence electrons. The molecule has 5 heteroatoms. The van der Waals surface area contributed by atoms with Gasteiger partial charge in [-0.05, 0) is 74.6 Å². The third-order valence-electron chi connectivity index (χ3n) is 5.09. The van der Waals surface area contributed by atoms with Gasteiger partial charge in [0.1, 0.15) is 0 Å². The van der Waals surface area contributed by atoms with E-state index in [1.807, 2.05) is 13.8 Å². The van der Waals surface area contributed by atoms with E-state index < -0.39 is 0 Å². The Morgan fingerprint density at radius 3 is 2.24 bits per heavy atom. The van der Waals surface area contributed by atoms with Gasteiger partial charge < -0.3 is 10.1 Å². The first kappa shape index (κ1) is 19.0. The number of nitrogens with zero attached hydrogens (tertiary/aromatic N) is 1. The van der Waals surface area contributed by atoms with Gasteiger partial charge in [0.2, 0.25) is 0 Å². The molecule has 1 fully saturated rings.